The molecule has 5 nitrogen and oxygen atoms in total. The molecular formula is C19H20N2O3. The highest BCUT2D eigenvalue weighted by Gasteiger charge is 2.31. The van der Waals surface area contributed by atoms with Crippen LogP contribution < -0.4 is 10.1 Å². The second-order valence-corrected chi connectivity index (χ2v) is 5.34. The highest BCUT2D eigenvalue weighted by molar-refractivity contribution is 6.13. The smallest absolute Gasteiger partial charge is 0.239 e. The van der Waals surface area contributed by atoms with E-state index in [1.54, 1.807) is 49.5 Å². The van der Waals surface area contributed by atoms with Gasteiger partial charge in [-0.05, 0) is 23.8 Å². The van der Waals surface area contributed by atoms with E-state index in [0.29, 0.717) is 17.0 Å². The average molecular weight is 324 g/mol. The molecule has 0 aliphatic carbocycles. The van der Waals surface area contributed by atoms with Crippen LogP contribution in [0.1, 0.15) is 18.4 Å². The summed E-state index contributed by atoms with van der Waals surface area (Å²) in [4.78, 5) is 29.5. The van der Waals surface area contributed by atoms with Crippen molar-refractivity contribution < 1.29 is 14.3 Å². The van der Waals surface area contributed by atoms with Gasteiger partial charge >= 0.3 is 0 Å². The van der Waals surface area contributed by atoms with E-state index >= 15 is 0 Å². The molecule has 1 N–H and O–H groups in total. The summed E-state index contributed by atoms with van der Waals surface area (Å²) in [5.41, 5.74) is 1.06. The zero-order valence-electron chi connectivity index (χ0n) is 13.7. The lowest BCUT2D eigenvalue weighted by Gasteiger charge is -2.19. The standard InChI is InChI=1S/C19H20N2O3/c1-4-13(2)18(22)17(14-8-7-11-20-12-14)19(23)21-15-9-5-6-10-16(15)24-3/h4-13,17H,1H2,2-3H3,(H,21,23). The molecule has 1 heterocycles. The van der Waals surface area contributed by atoms with E-state index in [4.69, 9.17) is 4.74 Å². The Hall–Kier alpha value is -2.95. The molecule has 0 bridgehead atoms. The number of methoxy groups -OCH3 is 1. The van der Waals surface area contributed by atoms with Crippen LogP contribution >= 0.6 is 0 Å². The number of nitrogens with zero attached hydrogens (tertiary/aromatic N) is 1. The van der Waals surface area contributed by atoms with Crippen LogP contribution in [0.25, 0.3) is 0 Å². The predicted octanol–water partition coefficient (Wildman–Crippen LogP) is 3.20. The van der Waals surface area contributed by atoms with E-state index in [1.165, 1.54) is 19.4 Å². The van der Waals surface area contributed by atoms with Crippen LogP contribution in [0.3, 0.4) is 0 Å². The number of benzene rings is 1. The average Bonchev–Trinajstić information content (AvgIpc) is 2.62. The molecule has 24 heavy (non-hydrogen) atoms. The summed E-state index contributed by atoms with van der Waals surface area (Å²) < 4.78 is 5.23. The summed E-state index contributed by atoms with van der Waals surface area (Å²) in [6.45, 7) is 5.36. The molecule has 0 spiro atoms. The number of Topliss-reactive ketones (excluding diaryl/α,β-unsaturated/α-hetero) is 1. The van der Waals surface area contributed by atoms with Gasteiger partial charge < -0.3 is 10.1 Å². The van der Waals surface area contributed by atoms with Crippen molar-refractivity contribution >= 4 is 17.4 Å². The molecule has 0 aliphatic heterocycles. The van der Waals surface area contributed by atoms with E-state index in [9.17, 15) is 9.59 Å². The summed E-state index contributed by atoms with van der Waals surface area (Å²) in [5.74, 6) is -1.54. The molecule has 2 unspecified atom stereocenters. The molecule has 1 aromatic carbocycles. The third-order valence-corrected chi connectivity index (χ3v) is 3.73. The first kappa shape index (κ1) is 17.4. The van der Waals surface area contributed by atoms with Crippen molar-refractivity contribution in [2.75, 3.05) is 12.4 Å². The normalized spacial score (nSPS) is 12.8. The largest absolute Gasteiger partial charge is 0.495 e. The first-order chi connectivity index (χ1) is 11.6. The third kappa shape index (κ3) is 3.87. The first-order valence-corrected chi connectivity index (χ1v) is 7.58. The minimum absolute atomic E-state index is 0.231. The minimum atomic E-state index is -0.961. The predicted molar refractivity (Wildman–Crippen MR) is 93.0 cm³/mol. The van der Waals surface area contributed by atoms with Gasteiger partial charge in [-0.1, -0.05) is 31.2 Å². The number of nitrogens with one attached hydrogen (secondary N) is 1. The fourth-order valence-electron chi connectivity index (χ4n) is 2.32. The molecule has 0 aliphatic rings. The lowest BCUT2D eigenvalue weighted by atomic mass is 9.88. The van der Waals surface area contributed by atoms with Gasteiger partial charge in [0.2, 0.25) is 5.91 Å². The number of pyridine rings is 1. The third-order valence-electron chi connectivity index (χ3n) is 3.73. The van der Waals surface area contributed by atoms with E-state index < -0.39 is 17.7 Å². The number of hydrogen-bond acceptors (Lipinski definition) is 4. The minimum Gasteiger partial charge on any atom is -0.495 e. The van der Waals surface area contributed by atoms with E-state index in [1.807, 2.05) is 0 Å². The van der Waals surface area contributed by atoms with E-state index in [2.05, 4.69) is 16.9 Å². The Morgan fingerprint density at radius 3 is 2.62 bits per heavy atom. The van der Waals surface area contributed by atoms with Crippen LogP contribution in [0.4, 0.5) is 5.69 Å². The van der Waals surface area contributed by atoms with Gasteiger partial charge in [-0.15, -0.1) is 6.58 Å². The molecule has 2 rings (SSSR count). The molecule has 2 aromatic rings. The fourth-order valence-corrected chi connectivity index (χ4v) is 2.32. The van der Waals surface area contributed by atoms with Crippen molar-refractivity contribution in [2.45, 2.75) is 12.8 Å². The summed E-state index contributed by atoms with van der Waals surface area (Å²) >= 11 is 0. The Morgan fingerprint density at radius 2 is 2.00 bits per heavy atom. The molecule has 0 fully saturated rings. The van der Waals surface area contributed by atoms with Gasteiger partial charge in [0, 0.05) is 18.3 Å². The van der Waals surface area contributed by atoms with Crippen molar-refractivity contribution in [3.05, 3.63) is 67.0 Å². The van der Waals surface area contributed by atoms with Crippen LogP contribution in [0.2, 0.25) is 0 Å². The van der Waals surface area contributed by atoms with Crippen molar-refractivity contribution in [3.8, 4) is 5.75 Å². The number of hydrogen-bond donors (Lipinski definition) is 1. The number of ketones is 1. The van der Waals surface area contributed by atoms with Gasteiger partial charge in [0.15, 0.2) is 5.78 Å². The second kappa shape index (κ2) is 8.06. The number of aromatic nitrogens is 1. The topological polar surface area (TPSA) is 68.3 Å². The number of para-hydroxylation sites is 2. The fraction of sp³-hybridized carbons (Fsp3) is 0.211. The number of ether oxygens (including phenoxy) is 1. The van der Waals surface area contributed by atoms with Crippen molar-refractivity contribution in [1.29, 1.82) is 0 Å². The van der Waals surface area contributed by atoms with Gasteiger partial charge in [0.1, 0.15) is 11.7 Å². The number of anilines is 1. The van der Waals surface area contributed by atoms with Crippen molar-refractivity contribution in [3.63, 3.8) is 0 Å². The van der Waals surface area contributed by atoms with Crippen LogP contribution in [0, 0.1) is 5.92 Å². The van der Waals surface area contributed by atoms with Gasteiger partial charge in [0.25, 0.3) is 0 Å². The molecule has 124 valence electrons. The Bertz CT molecular complexity index is 728. The molecule has 0 radical (unpaired) electrons. The van der Waals surface area contributed by atoms with Crippen LogP contribution in [-0.2, 0) is 9.59 Å². The number of allylic oxidation sites excluding steroid dienone is 1. The highest BCUT2D eigenvalue weighted by Crippen LogP contribution is 2.27. The zero-order chi connectivity index (χ0) is 17.5. The number of rotatable bonds is 7. The molecule has 0 saturated heterocycles. The molecule has 1 aromatic heterocycles. The number of amides is 1. The van der Waals surface area contributed by atoms with E-state index in [0.717, 1.165) is 0 Å². The summed E-state index contributed by atoms with van der Waals surface area (Å²) in [6, 6.07) is 10.5. The van der Waals surface area contributed by atoms with Crippen molar-refractivity contribution in [1.82, 2.24) is 4.98 Å². The van der Waals surface area contributed by atoms with Gasteiger partial charge in [-0.25, -0.2) is 0 Å². The molecule has 1 amide bonds. The van der Waals surface area contributed by atoms with Crippen LogP contribution in [0.15, 0.2) is 61.4 Å². The Balaban J connectivity index is 2.34. The molecular weight excluding hydrogens is 304 g/mol. The molecule has 0 saturated carbocycles. The lowest BCUT2D eigenvalue weighted by molar-refractivity contribution is -0.129. The maximum Gasteiger partial charge on any atom is 0.239 e. The Kier molecular flexibility index (Phi) is 5.84. The molecule has 2 atom stereocenters. The lowest BCUT2D eigenvalue weighted by Crippen LogP contribution is -2.31. The quantitative estimate of drug-likeness (QED) is 0.627. The van der Waals surface area contributed by atoms with Gasteiger partial charge in [0.05, 0.1) is 12.8 Å². The number of carbonyl (C=O) groups excluding carboxylic acids is 2. The first-order valence-electron chi connectivity index (χ1n) is 7.58. The summed E-state index contributed by atoms with van der Waals surface area (Å²) in [5, 5.41) is 2.77. The Labute approximate surface area is 141 Å². The maximum atomic E-state index is 12.8. The van der Waals surface area contributed by atoms with Gasteiger partial charge in [-0.2, -0.15) is 0 Å². The zero-order valence-corrected chi connectivity index (χ0v) is 13.7. The van der Waals surface area contributed by atoms with Crippen LogP contribution in [-0.4, -0.2) is 23.8 Å². The van der Waals surface area contributed by atoms with Crippen molar-refractivity contribution in [2.24, 2.45) is 5.92 Å². The Morgan fingerprint density at radius 1 is 1.25 bits per heavy atom. The monoisotopic (exact) mass is 324 g/mol. The number of carbonyl (C=O) groups is 2. The SMILES string of the molecule is C=CC(C)C(=O)C(C(=O)Nc1ccccc1OC)c1cccnc1. The van der Waals surface area contributed by atoms with E-state index in [-0.39, 0.29) is 5.78 Å². The van der Waals surface area contributed by atoms with Crippen LogP contribution in [0.5, 0.6) is 5.75 Å². The second-order valence-electron chi connectivity index (χ2n) is 5.34. The molecule has 5 heteroatoms. The maximum absolute atomic E-state index is 12.8. The summed E-state index contributed by atoms with van der Waals surface area (Å²) in [6.07, 6.45) is 4.66. The highest BCUT2D eigenvalue weighted by atomic mass is 16.5. The summed E-state index contributed by atoms with van der Waals surface area (Å²) in [7, 11) is 1.52. The van der Waals surface area contributed by atoms with Gasteiger partial charge in [-0.3, -0.25) is 14.6 Å².